The standard InChI is InChI=1S/C35H32ClF3N6O3/c1-19(2)30-32(20(3)12-13-40-30)45-34-23(16-24(36)31(41-34)22-8-5-6-9-25(22)37)33(42-35(45)47)44-15-14-43(17-21(44)4)28(46)18-48-27-11-7-10-26(38)29(27)39/h5-13,16,19,21H,14-15,17-18H2,1-4H3. The lowest BCUT2D eigenvalue weighted by Gasteiger charge is -2.40. The van der Waals surface area contributed by atoms with Gasteiger partial charge in [0.25, 0.3) is 5.91 Å². The fraction of sp³-hybridized carbons (Fsp3) is 0.286. The summed E-state index contributed by atoms with van der Waals surface area (Å²) in [5, 5.41) is 0.616. The van der Waals surface area contributed by atoms with Gasteiger partial charge in [-0.25, -0.2) is 23.1 Å². The van der Waals surface area contributed by atoms with Gasteiger partial charge in [-0.2, -0.15) is 9.37 Å². The number of rotatable bonds is 7. The van der Waals surface area contributed by atoms with Crippen LogP contribution in [-0.2, 0) is 4.79 Å². The maximum atomic E-state index is 15.0. The van der Waals surface area contributed by atoms with Crippen LogP contribution in [0, 0.1) is 24.4 Å². The normalized spacial score (nSPS) is 15.0. The van der Waals surface area contributed by atoms with Crippen molar-refractivity contribution in [3.8, 4) is 22.7 Å². The molecule has 248 valence electrons. The second-order valence-corrected chi connectivity index (χ2v) is 12.4. The summed E-state index contributed by atoms with van der Waals surface area (Å²) < 4.78 is 49.3. The van der Waals surface area contributed by atoms with Gasteiger partial charge in [0.15, 0.2) is 23.8 Å². The zero-order valence-corrected chi connectivity index (χ0v) is 27.4. The Morgan fingerprint density at radius 3 is 2.52 bits per heavy atom. The molecule has 1 aliphatic heterocycles. The van der Waals surface area contributed by atoms with E-state index < -0.39 is 35.7 Å². The number of aromatic nitrogens is 4. The molecule has 4 heterocycles. The van der Waals surface area contributed by atoms with Gasteiger partial charge in [-0.05, 0) is 61.7 Å². The maximum Gasteiger partial charge on any atom is 0.355 e. The van der Waals surface area contributed by atoms with Gasteiger partial charge in [-0.1, -0.05) is 43.6 Å². The summed E-state index contributed by atoms with van der Waals surface area (Å²) in [5.41, 5.74) is 1.93. The predicted molar refractivity (Wildman–Crippen MR) is 177 cm³/mol. The van der Waals surface area contributed by atoms with Crippen LogP contribution in [0.3, 0.4) is 0 Å². The van der Waals surface area contributed by atoms with E-state index in [1.807, 2.05) is 32.6 Å². The summed E-state index contributed by atoms with van der Waals surface area (Å²) >= 11 is 6.79. The lowest BCUT2D eigenvalue weighted by Crippen LogP contribution is -2.55. The van der Waals surface area contributed by atoms with Crippen molar-refractivity contribution >= 4 is 34.4 Å². The molecule has 2 aromatic carbocycles. The van der Waals surface area contributed by atoms with Crippen molar-refractivity contribution in [2.24, 2.45) is 0 Å². The Hall–Kier alpha value is -4.97. The van der Waals surface area contributed by atoms with Gasteiger partial charge in [0, 0.05) is 37.4 Å². The second-order valence-electron chi connectivity index (χ2n) is 12.0. The molecular formula is C35H32ClF3N6O3. The minimum atomic E-state index is -1.16. The van der Waals surface area contributed by atoms with Crippen molar-refractivity contribution in [3.05, 3.63) is 105 Å². The molecule has 1 aliphatic rings. The number of amides is 1. The van der Waals surface area contributed by atoms with Crippen molar-refractivity contribution in [1.82, 2.24) is 24.4 Å². The summed E-state index contributed by atoms with van der Waals surface area (Å²) in [4.78, 5) is 44.5. The van der Waals surface area contributed by atoms with Crippen molar-refractivity contribution in [2.45, 2.75) is 39.7 Å². The number of benzene rings is 2. The number of fused-ring (bicyclic) bond motifs is 1. The van der Waals surface area contributed by atoms with E-state index in [0.29, 0.717) is 22.6 Å². The van der Waals surface area contributed by atoms with Crippen LogP contribution in [0.25, 0.3) is 28.0 Å². The Morgan fingerprint density at radius 1 is 1.04 bits per heavy atom. The molecule has 0 saturated carbocycles. The number of halogens is 4. The second kappa shape index (κ2) is 13.3. The van der Waals surface area contributed by atoms with Crippen LogP contribution in [-0.4, -0.2) is 62.6 Å². The molecule has 0 radical (unpaired) electrons. The zero-order valence-electron chi connectivity index (χ0n) is 26.7. The lowest BCUT2D eigenvalue weighted by molar-refractivity contribution is -0.134. The molecular weight excluding hydrogens is 645 g/mol. The predicted octanol–water partition coefficient (Wildman–Crippen LogP) is 6.46. The first-order valence-corrected chi connectivity index (χ1v) is 15.8. The van der Waals surface area contributed by atoms with Gasteiger partial charge in [-0.15, -0.1) is 0 Å². The van der Waals surface area contributed by atoms with E-state index in [1.165, 1.54) is 22.8 Å². The van der Waals surface area contributed by atoms with Gasteiger partial charge in [0.1, 0.15) is 11.6 Å². The molecule has 1 fully saturated rings. The summed E-state index contributed by atoms with van der Waals surface area (Å²) in [6.45, 7) is 7.94. The van der Waals surface area contributed by atoms with Crippen LogP contribution >= 0.6 is 11.6 Å². The number of carbonyl (C=O) groups excluding carboxylic acids is 1. The summed E-state index contributed by atoms with van der Waals surface area (Å²) in [6.07, 6.45) is 1.68. The molecule has 13 heteroatoms. The third-order valence-electron chi connectivity index (χ3n) is 8.37. The highest BCUT2D eigenvalue weighted by atomic mass is 35.5. The number of carbonyl (C=O) groups is 1. The Kier molecular flexibility index (Phi) is 9.11. The molecule has 0 N–H and O–H groups in total. The number of hydrogen-bond acceptors (Lipinski definition) is 7. The monoisotopic (exact) mass is 676 g/mol. The Labute approximate surface area is 279 Å². The van der Waals surface area contributed by atoms with Gasteiger partial charge in [0.05, 0.1) is 27.5 Å². The first-order chi connectivity index (χ1) is 23.0. The minimum absolute atomic E-state index is 0.0492. The minimum Gasteiger partial charge on any atom is -0.481 e. The molecule has 9 nitrogen and oxygen atoms in total. The fourth-order valence-electron chi connectivity index (χ4n) is 5.98. The average Bonchev–Trinajstić information content (AvgIpc) is 3.05. The smallest absolute Gasteiger partial charge is 0.355 e. The van der Waals surface area contributed by atoms with E-state index >= 15 is 4.39 Å². The molecule has 5 aromatic rings. The first-order valence-electron chi connectivity index (χ1n) is 15.4. The van der Waals surface area contributed by atoms with Crippen LogP contribution in [0.1, 0.15) is 37.9 Å². The van der Waals surface area contributed by atoms with Crippen LogP contribution in [0.5, 0.6) is 5.75 Å². The highest BCUT2D eigenvalue weighted by Gasteiger charge is 2.31. The lowest BCUT2D eigenvalue weighted by atomic mass is 10.0. The summed E-state index contributed by atoms with van der Waals surface area (Å²) in [6, 6.07) is 12.7. The highest BCUT2D eigenvalue weighted by Crippen LogP contribution is 2.36. The van der Waals surface area contributed by atoms with Crippen molar-refractivity contribution in [2.75, 3.05) is 31.1 Å². The molecule has 0 aliphatic carbocycles. The molecule has 1 atom stereocenters. The van der Waals surface area contributed by atoms with Gasteiger partial charge in [-0.3, -0.25) is 9.78 Å². The van der Waals surface area contributed by atoms with E-state index in [9.17, 15) is 18.4 Å². The topological polar surface area (TPSA) is 93.5 Å². The highest BCUT2D eigenvalue weighted by molar-refractivity contribution is 6.33. The number of aryl methyl sites for hydroxylation is 1. The average molecular weight is 677 g/mol. The van der Waals surface area contributed by atoms with E-state index in [2.05, 4.69) is 9.97 Å². The van der Waals surface area contributed by atoms with E-state index in [4.69, 9.17) is 21.3 Å². The van der Waals surface area contributed by atoms with Crippen LogP contribution in [0.2, 0.25) is 5.02 Å². The van der Waals surface area contributed by atoms with Crippen LogP contribution in [0.15, 0.2) is 65.6 Å². The SMILES string of the molecule is Cc1ccnc(C(C)C)c1-n1c(=O)nc(N2CCN(C(=O)COc3cccc(F)c3F)CC2C)c2cc(Cl)c(-c3ccccc3F)nc21. The molecule has 6 rings (SSSR count). The number of anilines is 1. The first kappa shape index (κ1) is 33.0. The van der Waals surface area contributed by atoms with Gasteiger partial charge in [0.2, 0.25) is 5.82 Å². The number of pyridine rings is 2. The van der Waals surface area contributed by atoms with E-state index in [1.54, 1.807) is 41.4 Å². The van der Waals surface area contributed by atoms with E-state index in [-0.39, 0.29) is 59.3 Å². The molecule has 0 spiro atoms. The molecule has 1 amide bonds. The van der Waals surface area contributed by atoms with Crippen molar-refractivity contribution in [3.63, 3.8) is 0 Å². The zero-order chi connectivity index (χ0) is 34.3. The third kappa shape index (κ3) is 6.08. The molecule has 1 saturated heterocycles. The molecule has 0 bridgehead atoms. The quantitative estimate of drug-likeness (QED) is 0.195. The number of piperazine rings is 1. The fourth-order valence-corrected chi connectivity index (χ4v) is 6.23. The number of nitrogens with zero attached hydrogens (tertiary/aromatic N) is 6. The van der Waals surface area contributed by atoms with Crippen molar-refractivity contribution < 1.29 is 22.7 Å². The maximum absolute atomic E-state index is 15.0. The summed E-state index contributed by atoms with van der Waals surface area (Å²) in [5.74, 6) is -3.26. The third-order valence-corrected chi connectivity index (χ3v) is 8.66. The molecule has 1 unspecified atom stereocenters. The largest absolute Gasteiger partial charge is 0.481 e. The molecule has 3 aromatic heterocycles. The Bertz CT molecular complexity index is 2110. The van der Waals surface area contributed by atoms with Gasteiger partial charge >= 0.3 is 5.69 Å². The Morgan fingerprint density at radius 2 is 1.79 bits per heavy atom. The van der Waals surface area contributed by atoms with Crippen molar-refractivity contribution in [1.29, 1.82) is 0 Å². The summed E-state index contributed by atoms with van der Waals surface area (Å²) in [7, 11) is 0. The number of hydrogen-bond donors (Lipinski definition) is 0. The van der Waals surface area contributed by atoms with Crippen LogP contribution < -0.4 is 15.3 Å². The van der Waals surface area contributed by atoms with Gasteiger partial charge < -0.3 is 14.5 Å². The molecule has 48 heavy (non-hydrogen) atoms. The van der Waals surface area contributed by atoms with E-state index in [0.717, 1.165) is 11.6 Å². The number of ether oxygens (including phenoxy) is 1. The Balaban J connectivity index is 1.41. The van der Waals surface area contributed by atoms with Crippen LogP contribution in [0.4, 0.5) is 19.0 Å².